The molecule has 1 unspecified atom stereocenters. The number of hydrogen-bond acceptors (Lipinski definition) is 1. The predicted molar refractivity (Wildman–Crippen MR) is 78.5 cm³/mol. The Hall–Kier alpha value is -1.87. The van der Waals surface area contributed by atoms with E-state index in [9.17, 15) is 9.18 Å². The smallest absolute Gasteiger partial charge is 0.254 e. The first-order chi connectivity index (χ1) is 9.47. The molecule has 0 radical (unpaired) electrons. The van der Waals surface area contributed by atoms with Crippen LogP contribution in [0.2, 0.25) is 5.02 Å². The molecule has 0 aliphatic rings. The number of nitrogens with one attached hydrogen (secondary N) is 1. The van der Waals surface area contributed by atoms with E-state index in [-0.39, 0.29) is 11.6 Å². The maximum Gasteiger partial charge on any atom is 0.254 e. The summed E-state index contributed by atoms with van der Waals surface area (Å²) >= 11 is 5.82. The Balaban J connectivity index is 2.13. The van der Waals surface area contributed by atoms with Crippen LogP contribution in [0.3, 0.4) is 0 Å². The van der Waals surface area contributed by atoms with Crippen molar-refractivity contribution in [2.75, 3.05) is 0 Å². The number of rotatable bonds is 3. The van der Waals surface area contributed by atoms with Gasteiger partial charge in [0, 0.05) is 5.02 Å². The molecule has 1 atom stereocenters. The lowest BCUT2D eigenvalue weighted by Gasteiger charge is -2.15. The largest absolute Gasteiger partial charge is 0.345 e. The Bertz CT molecular complexity index is 625. The number of aryl methyl sites for hydroxylation is 1. The zero-order chi connectivity index (χ0) is 14.7. The predicted octanol–water partition coefficient (Wildman–Crippen LogP) is 4.28. The third-order valence-electron chi connectivity index (χ3n) is 3.09. The van der Waals surface area contributed by atoms with Gasteiger partial charge in [0.05, 0.1) is 11.6 Å². The van der Waals surface area contributed by atoms with E-state index in [1.807, 2.05) is 19.1 Å². The van der Waals surface area contributed by atoms with E-state index in [0.29, 0.717) is 5.02 Å². The summed E-state index contributed by atoms with van der Waals surface area (Å²) in [5, 5.41) is 3.41. The molecule has 0 spiro atoms. The van der Waals surface area contributed by atoms with E-state index in [1.165, 1.54) is 12.1 Å². The topological polar surface area (TPSA) is 29.1 Å². The van der Waals surface area contributed by atoms with Gasteiger partial charge in [0.2, 0.25) is 0 Å². The molecule has 0 bridgehead atoms. The zero-order valence-corrected chi connectivity index (χ0v) is 12.0. The van der Waals surface area contributed by atoms with Gasteiger partial charge in [-0.3, -0.25) is 4.79 Å². The van der Waals surface area contributed by atoms with Crippen molar-refractivity contribution in [3.8, 4) is 0 Å². The molecule has 0 fully saturated rings. The van der Waals surface area contributed by atoms with E-state index in [4.69, 9.17) is 11.6 Å². The molecule has 2 nitrogen and oxygen atoms in total. The lowest BCUT2D eigenvalue weighted by Crippen LogP contribution is -2.27. The van der Waals surface area contributed by atoms with Crippen molar-refractivity contribution >= 4 is 17.5 Å². The molecule has 0 aliphatic carbocycles. The van der Waals surface area contributed by atoms with Crippen LogP contribution in [-0.2, 0) is 0 Å². The zero-order valence-electron chi connectivity index (χ0n) is 11.3. The van der Waals surface area contributed by atoms with Gasteiger partial charge < -0.3 is 5.32 Å². The molecule has 1 amide bonds. The lowest BCUT2D eigenvalue weighted by molar-refractivity contribution is 0.0936. The third-order valence-corrected chi connectivity index (χ3v) is 3.34. The van der Waals surface area contributed by atoms with E-state index >= 15 is 0 Å². The Morgan fingerprint density at radius 3 is 2.45 bits per heavy atom. The second kappa shape index (κ2) is 6.06. The Morgan fingerprint density at radius 1 is 1.20 bits per heavy atom. The van der Waals surface area contributed by atoms with Crippen molar-refractivity contribution in [3.63, 3.8) is 0 Å². The van der Waals surface area contributed by atoms with E-state index in [1.54, 1.807) is 25.1 Å². The van der Waals surface area contributed by atoms with E-state index in [2.05, 4.69) is 5.32 Å². The second-order valence-corrected chi connectivity index (χ2v) is 5.17. The molecular weight excluding hydrogens is 277 g/mol. The van der Waals surface area contributed by atoms with Gasteiger partial charge in [0.25, 0.3) is 5.91 Å². The average molecular weight is 292 g/mol. The number of benzene rings is 2. The minimum Gasteiger partial charge on any atom is -0.345 e. The summed E-state index contributed by atoms with van der Waals surface area (Å²) in [6, 6.07) is 11.5. The molecule has 1 N–H and O–H groups in total. The molecule has 0 saturated carbocycles. The van der Waals surface area contributed by atoms with Crippen molar-refractivity contribution in [3.05, 3.63) is 70.0 Å². The van der Waals surface area contributed by atoms with Crippen LogP contribution in [0.1, 0.15) is 34.5 Å². The minimum absolute atomic E-state index is 0.0522. The molecule has 20 heavy (non-hydrogen) atoms. The molecule has 4 heteroatoms. The first-order valence-electron chi connectivity index (χ1n) is 6.30. The fourth-order valence-electron chi connectivity index (χ4n) is 1.91. The Morgan fingerprint density at radius 2 is 1.85 bits per heavy atom. The summed E-state index contributed by atoms with van der Waals surface area (Å²) in [4.78, 5) is 12.1. The highest BCUT2D eigenvalue weighted by Gasteiger charge is 2.15. The summed E-state index contributed by atoms with van der Waals surface area (Å²) in [5.74, 6) is -0.934. The highest BCUT2D eigenvalue weighted by atomic mass is 35.5. The van der Waals surface area contributed by atoms with Crippen LogP contribution in [0.15, 0.2) is 42.5 Å². The molecule has 0 aliphatic heterocycles. The van der Waals surface area contributed by atoms with Gasteiger partial charge >= 0.3 is 0 Å². The number of carbonyl (C=O) groups is 1. The summed E-state index contributed by atoms with van der Waals surface area (Å²) in [6.45, 7) is 3.62. The van der Waals surface area contributed by atoms with Crippen LogP contribution in [0.5, 0.6) is 0 Å². The van der Waals surface area contributed by atoms with E-state index in [0.717, 1.165) is 11.1 Å². The molecular formula is C16H15ClFNO. The summed E-state index contributed by atoms with van der Waals surface area (Å²) < 4.78 is 13.7. The SMILES string of the molecule is Cc1ccc(C(=O)NC(C)c2ccc(Cl)cc2)c(F)c1. The molecule has 0 aromatic heterocycles. The van der Waals surface area contributed by atoms with Gasteiger partial charge in [-0.2, -0.15) is 0 Å². The third kappa shape index (κ3) is 3.36. The molecule has 2 aromatic rings. The van der Waals surface area contributed by atoms with Crippen molar-refractivity contribution < 1.29 is 9.18 Å². The Kier molecular flexibility index (Phi) is 4.40. The molecule has 2 aromatic carbocycles. The van der Waals surface area contributed by atoms with Crippen LogP contribution in [-0.4, -0.2) is 5.91 Å². The van der Waals surface area contributed by atoms with Gasteiger partial charge in [-0.25, -0.2) is 4.39 Å². The minimum atomic E-state index is -0.509. The Labute approximate surface area is 122 Å². The molecule has 2 rings (SSSR count). The molecule has 104 valence electrons. The molecule has 0 saturated heterocycles. The number of amides is 1. The highest BCUT2D eigenvalue weighted by molar-refractivity contribution is 6.30. The van der Waals surface area contributed by atoms with Gasteiger partial charge in [0.15, 0.2) is 0 Å². The van der Waals surface area contributed by atoms with Crippen molar-refractivity contribution in [2.45, 2.75) is 19.9 Å². The maximum absolute atomic E-state index is 13.7. The van der Waals surface area contributed by atoms with Crippen LogP contribution in [0.4, 0.5) is 4.39 Å². The summed E-state index contributed by atoms with van der Waals surface area (Å²) in [7, 11) is 0. The number of hydrogen-bond donors (Lipinski definition) is 1. The van der Waals surface area contributed by atoms with Gasteiger partial charge in [-0.05, 0) is 49.2 Å². The molecule has 0 heterocycles. The average Bonchev–Trinajstić information content (AvgIpc) is 2.39. The fraction of sp³-hybridized carbons (Fsp3) is 0.188. The van der Waals surface area contributed by atoms with Crippen molar-refractivity contribution in [2.24, 2.45) is 0 Å². The lowest BCUT2D eigenvalue weighted by atomic mass is 10.1. The number of carbonyl (C=O) groups excluding carboxylic acids is 1. The van der Waals surface area contributed by atoms with Crippen molar-refractivity contribution in [1.29, 1.82) is 0 Å². The summed E-state index contributed by atoms with van der Waals surface area (Å²) in [5.41, 5.74) is 1.75. The highest BCUT2D eigenvalue weighted by Crippen LogP contribution is 2.17. The fourth-order valence-corrected chi connectivity index (χ4v) is 2.04. The van der Waals surface area contributed by atoms with Gasteiger partial charge in [-0.1, -0.05) is 29.8 Å². The van der Waals surface area contributed by atoms with Crippen LogP contribution >= 0.6 is 11.6 Å². The van der Waals surface area contributed by atoms with Crippen LogP contribution < -0.4 is 5.32 Å². The van der Waals surface area contributed by atoms with Crippen LogP contribution in [0.25, 0.3) is 0 Å². The quantitative estimate of drug-likeness (QED) is 0.898. The summed E-state index contributed by atoms with van der Waals surface area (Å²) in [6.07, 6.45) is 0. The first kappa shape index (κ1) is 14.5. The van der Waals surface area contributed by atoms with Gasteiger partial charge in [-0.15, -0.1) is 0 Å². The van der Waals surface area contributed by atoms with Crippen LogP contribution in [0, 0.1) is 12.7 Å². The maximum atomic E-state index is 13.7. The standard InChI is InChI=1S/C16H15ClFNO/c1-10-3-8-14(15(18)9-10)16(20)19-11(2)12-4-6-13(17)7-5-12/h3-9,11H,1-2H3,(H,19,20). The van der Waals surface area contributed by atoms with Crippen molar-refractivity contribution in [1.82, 2.24) is 5.32 Å². The second-order valence-electron chi connectivity index (χ2n) is 4.73. The number of halogens is 2. The normalized spacial score (nSPS) is 12.0. The monoisotopic (exact) mass is 291 g/mol. The first-order valence-corrected chi connectivity index (χ1v) is 6.67. The van der Waals surface area contributed by atoms with Gasteiger partial charge in [0.1, 0.15) is 5.82 Å². The van der Waals surface area contributed by atoms with E-state index < -0.39 is 11.7 Å².